The van der Waals surface area contributed by atoms with Gasteiger partial charge in [-0.2, -0.15) is 0 Å². The largest absolute Gasteiger partial charge is 0.407 e. The Bertz CT molecular complexity index is 333. The lowest BCUT2D eigenvalue weighted by molar-refractivity contribution is 0.437. The van der Waals surface area contributed by atoms with E-state index >= 15 is 0 Å². The van der Waals surface area contributed by atoms with Gasteiger partial charge in [0, 0.05) is 13.1 Å². The van der Waals surface area contributed by atoms with Crippen LogP contribution in [0.1, 0.15) is 46.4 Å². The standard InChI is InChI=1S/C13H26N4O/c1-6-11(7-2)17(5)13-16-15-12(18-13)9-14-8-10(3)4/h10-11,14H,6-9H2,1-5H3. The molecule has 18 heavy (non-hydrogen) atoms. The summed E-state index contributed by atoms with van der Waals surface area (Å²) in [6.07, 6.45) is 2.16. The fraction of sp³-hybridized carbons (Fsp3) is 0.846. The number of hydrogen-bond acceptors (Lipinski definition) is 5. The molecule has 0 radical (unpaired) electrons. The average Bonchev–Trinajstić information content (AvgIpc) is 2.78. The lowest BCUT2D eigenvalue weighted by Gasteiger charge is -2.23. The summed E-state index contributed by atoms with van der Waals surface area (Å²) in [4.78, 5) is 2.07. The highest BCUT2D eigenvalue weighted by Gasteiger charge is 2.16. The molecule has 0 aliphatic rings. The summed E-state index contributed by atoms with van der Waals surface area (Å²) in [5, 5.41) is 11.5. The lowest BCUT2D eigenvalue weighted by Crippen LogP contribution is -2.30. The van der Waals surface area contributed by atoms with E-state index in [1.807, 2.05) is 7.05 Å². The summed E-state index contributed by atoms with van der Waals surface area (Å²) < 4.78 is 5.65. The monoisotopic (exact) mass is 254 g/mol. The molecule has 0 aliphatic carbocycles. The van der Waals surface area contributed by atoms with Gasteiger partial charge in [0.2, 0.25) is 5.89 Å². The smallest absolute Gasteiger partial charge is 0.318 e. The molecule has 1 N–H and O–H groups in total. The molecule has 0 spiro atoms. The fourth-order valence-corrected chi connectivity index (χ4v) is 1.92. The number of nitrogens with one attached hydrogen (secondary N) is 1. The van der Waals surface area contributed by atoms with Crippen molar-refractivity contribution in [2.45, 2.75) is 53.1 Å². The zero-order valence-electron chi connectivity index (χ0n) is 12.2. The predicted octanol–water partition coefficient (Wildman–Crippen LogP) is 2.44. The molecule has 104 valence electrons. The second-order valence-electron chi connectivity index (χ2n) is 5.08. The van der Waals surface area contributed by atoms with Crippen molar-refractivity contribution in [2.24, 2.45) is 5.92 Å². The normalized spacial score (nSPS) is 11.5. The van der Waals surface area contributed by atoms with Gasteiger partial charge >= 0.3 is 6.01 Å². The fourth-order valence-electron chi connectivity index (χ4n) is 1.92. The van der Waals surface area contributed by atoms with E-state index in [1.165, 1.54) is 0 Å². The summed E-state index contributed by atoms with van der Waals surface area (Å²) in [5.74, 6) is 1.28. The molecule has 0 fully saturated rings. The minimum Gasteiger partial charge on any atom is -0.407 e. The van der Waals surface area contributed by atoms with Crippen molar-refractivity contribution in [1.29, 1.82) is 0 Å². The lowest BCUT2D eigenvalue weighted by atomic mass is 10.1. The third-order valence-corrected chi connectivity index (χ3v) is 3.08. The van der Waals surface area contributed by atoms with Crippen LogP contribution in [0.4, 0.5) is 6.01 Å². The summed E-state index contributed by atoms with van der Waals surface area (Å²) in [6.45, 7) is 10.3. The average molecular weight is 254 g/mol. The highest BCUT2D eigenvalue weighted by molar-refractivity contribution is 5.24. The van der Waals surface area contributed by atoms with Crippen molar-refractivity contribution < 1.29 is 4.42 Å². The first-order chi connectivity index (χ1) is 8.58. The third-order valence-electron chi connectivity index (χ3n) is 3.08. The van der Waals surface area contributed by atoms with Crippen LogP contribution in [0.2, 0.25) is 0 Å². The number of nitrogens with zero attached hydrogens (tertiary/aromatic N) is 3. The molecule has 0 atom stereocenters. The van der Waals surface area contributed by atoms with Gasteiger partial charge in [-0.1, -0.05) is 32.8 Å². The molecule has 0 saturated heterocycles. The van der Waals surface area contributed by atoms with E-state index in [2.05, 4.69) is 48.1 Å². The minimum absolute atomic E-state index is 0.460. The summed E-state index contributed by atoms with van der Waals surface area (Å²) >= 11 is 0. The molecular weight excluding hydrogens is 228 g/mol. The Hall–Kier alpha value is -1.10. The highest BCUT2D eigenvalue weighted by atomic mass is 16.4. The Kier molecular flexibility index (Phi) is 6.12. The predicted molar refractivity (Wildman–Crippen MR) is 73.6 cm³/mol. The van der Waals surface area contributed by atoms with Crippen LogP contribution >= 0.6 is 0 Å². The zero-order chi connectivity index (χ0) is 13.5. The number of rotatable bonds is 8. The quantitative estimate of drug-likeness (QED) is 0.772. The van der Waals surface area contributed by atoms with Gasteiger partial charge in [-0.15, -0.1) is 5.10 Å². The second-order valence-corrected chi connectivity index (χ2v) is 5.08. The Morgan fingerprint density at radius 2 is 1.89 bits per heavy atom. The molecule has 5 heteroatoms. The van der Waals surface area contributed by atoms with Gasteiger partial charge < -0.3 is 14.6 Å². The molecule has 5 nitrogen and oxygen atoms in total. The Morgan fingerprint density at radius 3 is 2.44 bits per heavy atom. The molecule has 1 aromatic rings. The van der Waals surface area contributed by atoms with E-state index in [0.717, 1.165) is 19.4 Å². The second kappa shape index (κ2) is 7.36. The number of hydrogen-bond donors (Lipinski definition) is 1. The van der Waals surface area contributed by atoms with Crippen molar-refractivity contribution in [1.82, 2.24) is 15.5 Å². The van der Waals surface area contributed by atoms with E-state index in [-0.39, 0.29) is 0 Å². The molecule has 0 unspecified atom stereocenters. The van der Waals surface area contributed by atoms with Crippen LogP contribution in [0.25, 0.3) is 0 Å². The minimum atomic E-state index is 0.460. The first kappa shape index (κ1) is 15.0. The first-order valence-corrected chi connectivity index (χ1v) is 6.84. The molecular formula is C13H26N4O. The molecule has 1 rings (SSSR count). The maximum absolute atomic E-state index is 5.65. The van der Waals surface area contributed by atoms with Crippen molar-refractivity contribution in [3.05, 3.63) is 5.89 Å². The van der Waals surface area contributed by atoms with Gasteiger partial charge in [-0.05, 0) is 25.3 Å². The summed E-state index contributed by atoms with van der Waals surface area (Å²) in [7, 11) is 2.01. The van der Waals surface area contributed by atoms with Crippen LogP contribution in [-0.4, -0.2) is 29.8 Å². The van der Waals surface area contributed by atoms with Gasteiger partial charge in [0.15, 0.2) is 0 Å². The third kappa shape index (κ3) is 4.29. The Labute approximate surface area is 110 Å². The van der Waals surface area contributed by atoms with Crippen LogP contribution < -0.4 is 10.2 Å². The van der Waals surface area contributed by atoms with Crippen molar-refractivity contribution >= 4 is 6.01 Å². The van der Waals surface area contributed by atoms with Crippen molar-refractivity contribution in [2.75, 3.05) is 18.5 Å². The highest BCUT2D eigenvalue weighted by Crippen LogP contribution is 2.16. The van der Waals surface area contributed by atoms with E-state index in [9.17, 15) is 0 Å². The van der Waals surface area contributed by atoms with Gasteiger partial charge in [-0.25, -0.2) is 0 Å². The van der Waals surface area contributed by atoms with Crippen LogP contribution in [0, 0.1) is 5.92 Å². The molecule has 0 saturated carbocycles. The maximum Gasteiger partial charge on any atom is 0.318 e. The van der Waals surface area contributed by atoms with Crippen LogP contribution in [0.15, 0.2) is 4.42 Å². The van der Waals surface area contributed by atoms with Crippen molar-refractivity contribution in [3.63, 3.8) is 0 Å². The molecule has 1 aromatic heterocycles. The van der Waals surface area contributed by atoms with Crippen LogP contribution in [-0.2, 0) is 6.54 Å². The van der Waals surface area contributed by atoms with E-state index in [4.69, 9.17) is 4.42 Å². The van der Waals surface area contributed by atoms with Crippen LogP contribution in [0.3, 0.4) is 0 Å². The maximum atomic E-state index is 5.65. The topological polar surface area (TPSA) is 54.2 Å². The molecule has 0 bridgehead atoms. The van der Waals surface area contributed by atoms with Gasteiger partial charge in [0.1, 0.15) is 0 Å². The first-order valence-electron chi connectivity index (χ1n) is 6.84. The Balaban J connectivity index is 2.51. The van der Waals surface area contributed by atoms with Gasteiger partial charge in [-0.3, -0.25) is 0 Å². The van der Waals surface area contributed by atoms with Crippen LogP contribution in [0.5, 0.6) is 0 Å². The van der Waals surface area contributed by atoms with E-state index < -0.39 is 0 Å². The zero-order valence-corrected chi connectivity index (χ0v) is 12.2. The van der Waals surface area contributed by atoms with E-state index in [0.29, 0.717) is 30.4 Å². The SMILES string of the molecule is CCC(CC)N(C)c1nnc(CNCC(C)C)o1. The Morgan fingerprint density at radius 1 is 1.22 bits per heavy atom. The number of anilines is 1. The van der Waals surface area contributed by atoms with E-state index in [1.54, 1.807) is 0 Å². The van der Waals surface area contributed by atoms with Crippen molar-refractivity contribution in [3.8, 4) is 0 Å². The molecule has 0 amide bonds. The number of aromatic nitrogens is 2. The molecule has 1 heterocycles. The molecule has 0 aromatic carbocycles. The van der Waals surface area contributed by atoms with Gasteiger partial charge in [0.05, 0.1) is 6.54 Å². The van der Waals surface area contributed by atoms with Gasteiger partial charge in [0.25, 0.3) is 0 Å². The molecule has 0 aliphatic heterocycles. The summed E-state index contributed by atoms with van der Waals surface area (Å²) in [6, 6.07) is 1.08. The summed E-state index contributed by atoms with van der Waals surface area (Å²) in [5.41, 5.74) is 0.